The molecule has 0 bridgehead atoms. The number of hydrogen-bond acceptors (Lipinski definition) is 6. The summed E-state index contributed by atoms with van der Waals surface area (Å²) in [4.78, 5) is 12.9. The molecule has 2 aromatic carbocycles. The lowest BCUT2D eigenvalue weighted by Crippen LogP contribution is -2.35. The van der Waals surface area contributed by atoms with E-state index in [1.165, 1.54) is 11.3 Å². The van der Waals surface area contributed by atoms with Gasteiger partial charge in [-0.2, -0.15) is 0 Å². The van der Waals surface area contributed by atoms with Crippen LogP contribution < -0.4 is 10.0 Å². The van der Waals surface area contributed by atoms with Gasteiger partial charge in [-0.1, -0.05) is 42.9 Å². The molecule has 1 heterocycles. The van der Waals surface area contributed by atoms with Crippen LogP contribution >= 0.6 is 22.9 Å². The topological polar surface area (TPSA) is 101 Å². The van der Waals surface area contributed by atoms with Crippen LogP contribution in [0.4, 0.5) is 5.13 Å². The molecule has 0 saturated carbocycles. The molecule has 4 rings (SSSR count). The molecule has 1 aliphatic rings. The first-order chi connectivity index (χ1) is 15.1. The molecule has 1 aromatic heterocycles. The van der Waals surface area contributed by atoms with E-state index in [1.807, 2.05) is 26.8 Å². The quantitative estimate of drug-likeness (QED) is 0.535. The van der Waals surface area contributed by atoms with E-state index in [2.05, 4.69) is 20.2 Å². The highest BCUT2D eigenvalue weighted by Crippen LogP contribution is 2.28. The number of nitrogens with one attached hydrogen (secondary N) is 2. The highest BCUT2D eigenvalue weighted by Gasteiger charge is 2.26. The summed E-state index contributed by atoms with van der Waals surface area (Å²) in [5, 5.41) is 12.6. The summed E-state index contributed by atoms with van der Waals surface area (Å²) in [5.74, 6) is 0.0123. The van der Waals surface area contributed by atoms with E-state index in [9.17, 15) is 13.2 Å². The van der Waals surface area contributed by atoms with Crippen LogP contribution in [0.5, 0.6) is 0 Å². The third kappa shape index (κ3) is 4.79. The normalized spacial score (nSPS) is 15.6. The first-order valence-electron chi connectivity index (χ1n) is 10.2. The Kier molecular flexibility index (Phi) is 6.24. The van der Waals surface area contributed by atoms with Crippen LogP contribution in [0, 0.1) is 6.92 Å². The third-order valence-electron chi connectivity index (χ3n) is 5.35. The molecule has 10 heteroatoms. The van der Waals surface area contributed by atoms with Crippen LogP contribution in [-0.2, 0) is 22.9 Å². The smallest absolute Gasteiger partial charge is 0.263 e. The van der Waals surface area contributed by atoms with Crippen molar-refractivity contribution in [1.29, 1.82) is 0 Å². The number of fused-ring (bicyclic) bond motifs is 1. The molecule has 32 heavy (non-hydrogen) atoms. The Morgan fingerprint density at radius 3 is 2.56 bits per heavy atom. The molecule has 0 saturated heterocycles. The van der Waals surface area contributed by atoms with Crippen molar-refractivity contribution in [2.45, 2.75) is 50.5 Å². The van der Waals surface area contributed by atoms with Gasteiger partial charge in [-0.05, 0) is 66.8 Å². The molecule has 1 aliphatic carbocycles. The minimum absolute atomic E-state index is 0.102. The number of anilines is 1. The van der Waals surface area contributed by atoms with E-state index in [0.29, 0.717) is 23.4 Å². The number of carbonyl (C=O) groups is 1. The number of amides is 1. The Hall–Kier alpha value is -2.49. The number of carbonyl (C=O) groups excluding carboxylic acids is 1. The maximum atomic E-state index is 12.8. The Labute approximate surface area is 196 Å². The number of halogens is 1. The molecule has 7 nitrogen and oxygen atoms in total. The third-order valence-corrected chi connectivity index (χ3v) is 8.19. The van der Waals surface area contributed by atoms with Crippen LogP contribution in [-0.4, -0.2) is 30.6 Å². The predicted octanol–water partition coefficient (Wildman–Crippen LogP) is 4.32. The SMILES string of the molecule is Cc1cc(Cl)ccc1C(=O)NC1Cc2ccc(S(=O)(=O)Nc3nnc(C(C)C)s3)cc2C1. The van der Waals surface area contributed by atoms with E-state index in [-0.39, 0.29) is 27.9 Å². The van der Waals surface area contributed by atoms with Crippen LogP contribution in [0.3, 0.4) is 0 Å². The van der Waals surface area contributed by atoms with Gasteiger partial charge in [0.05, 0.1) is 4.90 Å². The summed E-state index contributed by atoms with van der Waals surface area (Å²) in [6.07, 6.45) is 1.21. The highest BCUT2D eigenvalue weighted by molar-refractivity contribution is 7.93. The van der Waals surface area contributed by atoms with Crippen molar-refractivity contribution in [2.24, 2.45) is 0 Å². The van der Waals surface area contributed by atoms with Crippen LogP contribution in [0.25, 0.3) is 0 Å². The zero-order valence-electron chi connectivity index (χ0n) is 17.8. The van der Waals surface area contributed by atoms with Gasteiger partial charge in [0.2, 0.25) is 5.13 Å². The summed E-state index contributed by atoms with van der Waals surface area (Å²) in [5.41, 5.74) is 3.32. The monoisotopic (exact) mass is 490 g/mol. The molecule has 1 unspecified atom stereocenters. The van der Waals surface area contributed by atoms with E-state index in [0.717, 1.165) is 21.7 Å². The molecular weight excluding hydrogens is 468 g/mol. The molecule has 0 radical (unpaired) electrons. The van der Waals surface area contributed by atoms with Gasteiger partial charge in [0.25, 0.3) is 15.9 Å². The largest absolute Gasteiger partial charge is 0.349 e. The van der Waals surface area contributed by atoms with Gasteiger partial charge in [0, 0.05) is 22.5 Å². The van der Waals surface area contributed by atoms with Gasteiger partial charge in [0.1, 0.15) is 5.01 Å². The Morgan fingerprint density at radius 1 is 1.12 bits per heavy atom. The highest BCUT2D eigenvalue weighted by atomic mass is 35.5. The first-order valence-corrected chi connectivity index (χ1v) is 12.8. The lowest BCUT2D eigenvalue weighted by atomic mass is 10.1. The van der Waals surface area contributed by atoms with Crippen molar-refractivity contribution in [3.63, 3.8) is 0 Å². The maximum Gasteiger partial charge on any atom is 0.263 e. The van der Waals surface area contributed by atoms with E-state index >= 15 is 0 Å². The lowest BCUT2D eigenvalue weighted by molar-refractivity contribution is 0.0938. The van der Waals surface area contributed by atoms with Crippen LogP contribution in [0.1, 0.15) is 51.8 Å². The van der Waals surface area contributed by atoms with E-state index in [4.69, 9.17) is 11.6 Å². The fraction of sp³-hybridized carbons (Fsp3) is 0.318. The van der Waals surface area contributed by atoms with E-state index in [1.54, 1.807) is 30.3 Å². The standard InChI is InChI=1S/C22H23ClN4O3S2/c1-12(2)21-25-26-22(31-21)27-32(29,30)18-6-4-14-9-17(10-15(14)11-18)24-20(28)19-7-5-16(23)8-13(19)3/h4-8,11-12,17H,9-10H2,1-3H3,(H,24,28)(H,26,27). The fourth-order valence-corrected chi connectivity index (χ4v) is 5.94. The van der Waals surface area contributed by atoms with Crippen molar-refractivity contribution in [1.82, 2.24) is 15.5 Å². The predicted molar refractivity (Wildman–Crippen MR) is 126 cm³/mol. The Morgan fingerprint density at radius 2 is 1.88 bits per heavy atom. The molecule has 2 N–H and O–H groups in total. The van der Waals surface area contributed by atoms with Crippen LogP contribution in [0.15, 0.2) is 41.3 Å². The minimum Gasteiger partial charge on any atom is -0.349 e. The van der Waals surface area contributed by atoms with Crippen molar-refractivity contribution in [3.8, 4) is 0 Å². The summed E-state index contributed by atoms with van der Waals surface area (Å²) in [7, 11) is -3.78. The first kappa shape index (κ1) is 22.7. The summed E-state index contributed by atoms with van der Waals surface area (Å²) in [6, 6.07) is 10.1. The molecule has 1 atom stereocenters. The van der Waals surface area contributed by atoms with Gasteiger partial charge in [0.15, 0.2) is 0 Å². The van der Waals surface area contributed by atoms with E-state index < -0.39 is 10.0 Å². The zero-order chi connectivity index (χ0) is 23.0. The number of rotatable bonds is 6. The number of hydrogen-bond donors (Lipinski definition) is 2. The zero-order valence-corrected chi connectivity index (χ0v) is 20.2. The molecule has 0 aliphatic heterocycles. The van der Waals surface area contributed by atoms with Crippen molar-refractivity contribution in [2.75, 3.05) is 4.72 Å². The molecule has 168 valence electrons. The van der Waals surface area contributed by atoms with Gasteiger partial charge in [-0.15, -0.1) is 10.2 Å². The van der Waals surface area contributed by atoms with Crippen molar-refractivity contribution < 1.29 is 13.2 Å². The van der Waals surface area contributed by atoms with Gasteiger partial charge in [-0.3, -0.25) is 9.52 Å². The van der Waals surface area contributed by atoms with Gasteiger partial charge in [-0.25, -0.2) is 8.42 Å². The minimum atomic E-state index is -3.78. The van der Waals surface area contributed by atoms with Crippen LogP contribution in [0.2, 0.25) is 5.02 Å². The molecule has 3 aromatic rings. The second-order valence-electron chi connectivity index (χ2n) is 8.17. The van der Waals surface area contributed by atoms with Crippen molar-refractivity contribution in [3.05, 3.63) is 68.7 Å². The number of benzene rings is 2. The summed E-state index contributed by atoms with van der Waals surface area (Å²) < 4.78 is 28.2. The average Bonchev–Trinajstić information content (AvgIpc) is 3.33. The Bertz CT molecular complexity index is 1290. The van der Waals surface area contributed by atoms with Gasteiger partial charge < -0.3 is 5.32 Å². The lowest BCUT2D eigenvalue weighted by Gasteiger charge is -2.13. The molecule has 0 fully saturated rings. The molecule has 0 spiro atoms. The summed E-state index contributed by atoms with van der Waals surface area (Å²) >= 11 is 7.20. The molecule has 1 amide bonds. The maximum absolute atomic E-state index is 12.8. The fourth-order valence-electron chi connectivity index (χ4n) is 3.69. The number of aromatic nitrogens is 2. The molecular formula is C22H23ClN4O3S2. The number of nitrogens with zero attached hydrogens (tertiary/aromatic N) is 2. The summed E-state index contributed by atoms with van der Waals surface area (Å²) in [6.45, 7) is 5.79. The second-order valence-corrected chi connectivity index (χ2v) is 11.3. The second kappa shape index (κ2) is 8.80. The number of aryl methyl sites for hydroxylation is 1. The van der Waals surface area contributed by atoms with Crippen molar-refractivity contribution >= 4 is 44.0 Å². The average molecular weight is 491 g/mol. The van der Waals surface area contributed by atoms with Gasteiger partial charge >= 0.3 is 0 Å². The Balaban J connectivity index is 1.46. The number of sulfonamides is 1.